The van der Waals surface area contributed by atoms with Crippen LogP contribution in [0.25, 0.3) is 11.3 Å². The van der Waals surface area contributed by atoms with Crippen LogP contribution in [0.3, 0.4) is 0 Å². The van der Waals surface area contributed by atoms with E-state index in [2.05, 4.69) is 5.10 Å². The Morgan fingerprint density at radius 3 is 2.44 bits per heavy atom. The number of nitrogens with zero attached hydrogens (tertiary/aromatic N) is 2. The Bertz CT molecular complexity index is 965. The first kappa shape index (κ1) is 19.1. The van der Waals surface area contributed by atoms with Crippen LogP contribution in [0.5, 0.6) is 5.75 Å². The zero-order chi connectivity index (χ0) is 18.9. The van der Waals surface area contributed by atoms with Gasteiger partial charge in [0.2, 0.25) is 5.75 Å². The van der Waals surface area contributed by atoms with Gasteiger partial charge < -0.3 is 4.18 Å². The Morgan fingerprint density at radius 1 is 1.28 bits per heavy atom. The summed E-state index contributed by atoms with van der Waals surface area (Å²) >= 11 is 0. The monoisotopic (exact) mass is 368 g/mol. The number of hydrogen-bond donors (Lipinski definition) is 0. The summed E-state index contributed by atoms with van der Waals surface area (Å²) in [5.41, 5.74) is 1.06. The van der Waals surface area contributed by atoms with E-state index in [0.29, 0.717) is 28.9 Å². The van der Waals surface area contributed by atoms with Gasteiger partial charge in [-0.1, -0.05) is 13.8 Å². The van der Waals surface area contributed by atoms with Crippen molar-refractivity contribution in [1.82, 2.24) is 9.78 Å². The molecule has 0 unspecified atom stereocenters. The van der Waals surface area contributed by atoms with E-state index in [1.807, 2.05) is 13.8 Å². The summed E-state index contributed by atoms with van der Waals surface area (Å²) in [6.45, 7) is 7.29. The second-order valence-electron chi connectivity index (χ2n) is 6.44. The number of halogens is 1. The molecule has 0 spiro atoms. The molecule has 136 valence electrons. The average Bonchev–Trinajstić information content (AvgIpc) is 2.48. The minimum Gasteiger partial charge on any atom is -0.376 e. The highest BCUT2D eigenvalue weighted by Gasteiger charge is 2.21. The lowest BCUT2D eigenvalue weighted by Crippen LogP contribution is -2.29. The Morgan fingerprint density at radius 2 is 1.92 bits per heavy atom. The maximum atomic E-state index is 13.6. The van der Waals surface area contributed by atoms with E-state index in [-0.39, 0.29) is 17.5 Å². The summed E-state index contributed by atoms with van der Waals surface area (Å²) < 4.78 is 42.8. The zero-order valence-corrected chi connectivity index (χ0v) is 15.6. The molecule has 0 N–H and O–H groups in total. The number of rotatable bonds is 5. The van der Waals surface area contributed by atoms with Crippen LogP contribution in [0.15, 0.2) is 23.0 Å². The first-order valence-corrected chi connectivity index (χ1v) is 9.59. The predicted octanol–water partition coefficient (Wildman–Crippen LogP) is 2.66. The maximum Gasteiger partial charge on any atom is 0.311 e. The molecule has 0 aliphatic carbocycles. The van der Waals surface area contributed by atoms with E-state index in [0.717, 1.165) is 6.26 Å². The van der Waals surface area contributed by atoms with Gasteiger partial charge in [-0.3, -0.25) is 4.79 Å². The van der Waals surface area contributed by atoms with E-state index in [4.69, 9.17) is 4.18 Å². The van der Waals surface area contributed by atoms with Crippen molar-refractivity contribution < 1.29 is 17.0 Å². The number of aromatic nitrogens is 2. The lowest BCUT2D eigenvalue weighted by atomic mass is 10.0. The van der Waals surface area contributed by atoms with Crippen LogP contribution in [0.4, 0.5) is 4.39 Å². The van der Waals surface area contributed by atoms with Gasteiger partial charge in [-0.25, -0.2) is 9.07 Å². The minimum atomic E-state index is -3.88. The van der Waals surface area contributed by atoms with E-state index >= 15 is 0 Å². The lowest BCUT2D eigenvalue weighted by Gasteiger charge is -2.15. The van der Waals surface area contributed by atoms with Crippen molar-refractivity contribution in [2.75, 3.05) is 6.26 Å². The standard InChI is InChI=1S/C17H21FN2O4S/c1-10(2)9-20-17(21)16(24-25(5,22)23)12(4)15(19-20)13-6-7-14(18)11(3)8-13/h6-8,10H,9H2,1-5H3. The Kier molecular flexibility index (Phi) is 5.31. The zero-order valence-electron chi connectivity index (χ0n) is 14.8. The van der Waals surface area contributed by atoms with Gasteiger partial charge in [0, 0.05) is 17.7 Å². The van der Waals surface area contributed by atoms with E-state index in [9.17, 15) is 17.6 Å². The van der Waals surface area contributed by atoms with Crippen molar-refractivity contribution in [2.45, 2.75) is 34.2 Å². The average molecular weight is 368 g/mol. The normalized spacial score (nSPS) is 11.8. The molecule has 1 aromatic carbocycles. The van der Waals surface area contributed by atoms with Gasteiger partial charge in [0.05, 0.1) is 11.9 Å². The molecule has 2 aromatic rings. The van der Waals surface area contributed by atoms with Crippen LogP contribution in [-0.2, 0) is 16.7 Å². The quantitative estimate of drug-likeness (QED) is 0.758. The summed E-state index contributed by atoms with van der Waals surface area (Å²) in [6, 6.07) is 4.44. The fraction of sp³-hybridized carbons (Fsp3) is 0.412. The molecule has 0 radical (unpaired) electrons. The Labute approximate surface area is 146 Å². The molecule has 0 fully saturated rings. The third-order valence-electron chi connectivity index (χ3n) is 3.55. The van der Waals surface area contributed by atoms with Gasteiger partial charge in [0.1, 0.15) is 5.82 Å². The van der Waals surface area contributed by atoms with Gasteiger partial charge in [-0.15, -0.1) is 0 Å². The van der Waals surface area contributed by atoms with E-state index in [1.54, 1.807) is 19.9 Å². The fourth-order valence-electron chi connectivity index (χ4n) is 2.41. The predicted molar refractivity (Wildman–Crippen MR) is 93.7 cm³/mol. The summed E-state index contributed by atoms with van der Waals surface area (Å²) in [5.74, 6) is -0.526. The second-order valence-corrected chi connectivity index (χ2v) is 8.01. The molecule has 25 heavy (non-hydrogen) atoms. The van der Waals surface area contributed by atoms with Gasteiger partial charge in [0.15, 0.2) is 0 Å². The van der Waals surface area contributed by atoms with E-state index < -0.39 is 15.7 Å². The molecule has 0 saturated carbocycles. The van der Waals surface area contributed by atoms with Crippen LogP contribution in [0.2, 0.25) is 0 Å². The van der Waals surface area contributed by atoms with Crippen molar-refractivity contribution in [2.24, 2.45) is 5.92 Å². The summed E-state index contributed by atoms with van der Waals surface area (Å²) in [4.78, 5) is 12.6. The van der Waals surface area contributed by atoms with Crippen molar-refractivity contribution in [1.29, 1.82) is 0 Å². The van der Waals surface area contributed by atoms with Crippen LogP contribution in [0, 0.1) is 25.6 Å². The molecule has 0 aliphatic rings. The first-order valence-electron chi connectivity index (χ1n) is 7.77. The van der Waals surface area contributed by atoms with Crippen LogP contribution in [0.1, 0.15) is 25.0 Å². The molecule has 0 aliphatic heterocycles. The third-order valence-corrected chi connectivity index (χ3v) is 4.02. The highest BCUT2D eigenvalue weighted by Crippen LogP contribution is 2.27. The first-order chi connectivity index (χ1) is 11.5. The molecule has 6 nitrogen and oxygen atoms in total. The molecule has 8 heteroatoms. The Hall–Kier alpha value is -2.22. The Balaban J connectivity index is 2.76. The second kappa shape index (κ2) is 6.95. The summed E-state index contributed by atoms with van der Waals surface area (Å²) in [6.07, 6.45) is 0.876. The molecular weight excluding hydrogens is 347 g/mol. The number of benzene rings is 1. The number of hydrogen-bond acceptors (Lipinski definition) is 5. The molecule has 1 aromatic heterocycles. The molecule has 0 amide bonds. The SMILES string of the molecule is Cc1cc(-c2nn(CC(C)C)c(=O)c(OS(C)(=O)=O)c2C)ccc1F. The van der Waals surface area contributed by atoms with E-state index in [1.165, 1.54) is 16.8 Å². The minimum absolute atomic E-state index is 0.113. The molecule has 0 saturated heterocycles. The van der Waals surface area contributed by atoms with Crippen LogP contribution < -0.4 is 9.74 Å². The molecular formula is C17H21FN2O4S. The van der Waals surface area contributed by atoms with Crippen LogP contribution >= 0.6 is 0 Å². The molecule has 1 heterocycles. The van der Waals surface area contributed by atoms with Crippen molar-refractivity contribution >= 4 is 10.1 Å². The molecule has 2 rings (SSSR count). The topological polar surface area (TPSA) is 78.3 Å². The highest BCUT2D eigenvalue weighted by atomic mass is 32.2. The van der Waals surface area contributed by atoms with Crippen molar-refractivity contribution in [3.8, 4) is 17.0 Å². The molecule has 0 bridgehead atoms. The largest absolute Gasteiger partial charge is 0.376 e. The summed E-state index contributed by atoms with van der Waals surface area (Å²) in [7, 11) is -3.88. The van der Waals surface area contributed by atoms with Gasteiger partial charge in [0.25, 0.3) is 0 Å². The fourth-order valence-corrected chi connectivity index (χ4v) is 2.91. The number of aryl methyl sites for hydroxylation is 1. The smallest absolute Gasteiger partial charge is 0.311 e. The van der Waals surface area contributed by atoms with Crippen molar-refractivity contribution in [3.05, 3.63) is 45.5 Å². The lowest BCUT2D eigenvalue weighted by molar-refractivity contribution is 0.440. The highest BCUT2D eigenvalue weighted by molar-refractivity contribution is 7.86. The van der Waals surface area contributed by atoms with Gasteiger partial charge in [-0.05, 0) is 43.5 Å². The van der Waals surface area contributed by atoms with Gasteiger partial charge >= 0.3 is 15.7 Å². The summed E-state index contributed by atoms with van der Waals surface area (Å²) in [5, 5.41) is 4.35. The van der Waals surface area contributed by atoms with Gasteiger partial charge in [-0.2, -0.15) is 13.5 Å². The van der Waals surface area contributed by atoms with Crippen molar-refractivity contribution in [3.63, 3.8) is 0 Å². The molecule has 0 atom stereocenters. The third kappa shape index (κ3) is 4.45. The maximum absolute atomic E-state index is 13.6. The van der Waals surface area contributed by atoms with Crippen LogP contribution in [-0.4, -0.2) is 24.5 Å².